The first-order valence-electron chi connectivity index (χ1n) is 10.7. The molecule has 0 unspecified atom stereocenters. The predicted octanol–water partition coefficient (Wildman–Crippen LogP) is 6.35. The van der Waals surface area contributed by atoms with Crippen LogP contribution in [0.1, 0.15) is 36.6 Å². The van der Waals surface area contributed by atoms with Gasteiger partial charge in [0, 0.05) is 0 Å². The standard InChI is InChI=1S/C27H24BrFN2O3/c1-3-33-25-15-20(14-24(28)26(25)34-17-19-8-7-11-23(29)13-19)12-22(16-30)27(32)31-18(2)21-9-5-4-6-10-21/h4-15,18H,3,17H2,1-2H3,(H,31,32)/b22-12-/t18-/m1/s1. The van der Waals surface area contributed by atoms with Gasteiger partial charge in [0.25, 0.3) is 5.91 Å². The van der Waals surface area contributed by atoms with Crippen molar-refractivity contribution >= 4 is 27.9 Å². The number of nitrogens with zero attached hydrogens (tertiary/aromatic N) is 1. The smallest absolute Gasteiger partial charge is 0.262 e. The summed E-state index contributed by atoms with van der Waals surface area (Å²) in [7, 11) is 0. The number of benzene rings is 3. The highest BCUT2D eigenvalue weighted by atomic mass is 79.9. The third-order valence-electron chi connectivity index (χ3n) is 4.93. The van der Waals surface area contributed by atoms with E-state index in [1.165, 1.54) is 18.2 Å². The van der Waals surface area contributed by atoms with Crippen molar-refractivity contribution in [3.05, 3.63) is 99.3 Å². The first-order chi connectivity index (χ1) is 16.4. The van der Waals surface area contributed by atoms with Crippen LogP contribution in [-0.4, -0.2) is 12.5 Å². The Balaban J connectivity index is 1.82. The minimum absolute atomic E-state index is 0.0365. The maximum atomic E-state index is 13.5. The summed E-state index contributed by atoms with van der Waals surface area (Å²) in [5.41, 5.74) is 2.17. The molecular weight excluding hydrogens is 499 g/mol. The van der Waals surface area contributed by atoms with Crippen molar-refractivity contribution in [2.24, 2.45) is 0 Å². The first kappa shape index (κ1) is 25.0. The molecule has 1 N–H and O–H groups in total. The molecular formula is C27H24BrFN2O3. The summed E-state index contributed by atoms with van der Waals surface area (Å²) >= 11 is 3.48. The Labute approximate surface area is 207 Å². The Kier molecular flexibility index (Phi) is 8.83. The van der Waals surface area contributed by atoms with Gasteiger partial charge in [0.2, 0.25) is 0 Å². The number of carbonyl (C=O) groups excluding carboxylic acids is 1. The zero-order valence-electron chi connectivity index (χ0n) is 18.8. The normalized spacial score (nSPS) is 11.9. The Morgan fingerprint density at radius 2 is 1.91 bits per heavy atom. The number of amides is 1. The van der Waals surface area contributed by atoms with Crippen molar-refractivity contribution in [1.82, 2.24) is 5.32 Å². The zero-order valence-corrected chi connectivity index (χ0v) is 20.4. The van der Waals surface area contributed by atoms with Gasteiger partial charge in [-0.05, 0) is 76.8 Å². The summed E-state index contributed by atoms with van der Waals surface area (Å²) in [5, 5.41) is 12.4. The fraction of sp³-hybridized carbons (Fsp3) is 0.185. The maximum Gasteiger partial charge on any atom is 0.262 e. The molecule has 3 aromatic carbocycles. The number of ether oxygens (including phenoxy) is 2. The first-order valence-corrected chi connectivity index (χ1v) is 11.5. The molecule has 1 atom stereocenters. The number of nitriles is 1. The molecule has 0 aliphatic rings. The van der Waals surface area contributed by atoms with Crippen LogP contribution in [0, 0.1) is 17.1 Å². The molecule has 0 saturated carbocycles. The van der Waals surface area contributed by atoms with Crippen LogP contribution in [0.25, 0.3) is 6.08 Å². The molecule has 0 radical (unpaired) electrons. The quantitative estimate of drug-likeness (QED) is 0.262. The SMILES string of the molecule is CCOc1cc(/C=C(/C#N)C(=O)N[C@H](C)c2ccccc2)cc(Br)c1OCc1cccc(F)c1. The molecule has 3 aromatic rings. The van der Waals surface area contributed by atoms with Crippen molar-refractivity contribution in [1.29, 1.82) is 5.26 Å². The van der Waals surface area contributed by atoms with Crippen LogP contribution >= 0.6 is 15.9 Å². The Morgan fingerprint density at radius 3 is 2.59 bits per heavy atom. The van der Waals surface area contributed by atoms with Crippen LogP contribution < -0.4 is 14.8 Å². The maximum absolute atomic E-state index is 13.5. The summed E-state index contributed by atoms with van der Waals surface area (Å²) in [4.78, 5) is 12.7. The third kappa shape index (κ3) is 6.69. The van der Waals surface area contributed by atoms with E-state index in [-0.39, 0.29) is 24.0 Å². The van der Waals surface area contributed by atoms with Crippen LogP contribution in [-0.2, 0) is 11.4 Å². The Bertz CT molecular complexity index is 1220. The second-order valence-corrected chi connectivity index (χ2v) is 8.31. The van der Waals surface area contributed by atoms with Gasteiger partial charge >= 0.3 is 0 Å². The number of hydrogen-bond acceptors (Lipinski definition) is 4. The molecule has 0 bridgehead atoms. The molecule has 0 saturated heterocycles. The fourth-order valence-corrected chi connectivity index (χ4v) is 3.85. The molecule has 7 heteroatoms. The van der Waals surface area contributed by atoms with Crippen LogP contribution in [0.4, 0.5) is 4.39 Å². The van der Waals surface area contributed by atoms with Crippen molar-refractivity contribution in [2.45, 2.75) is 26.5 Å². The lowest BCUT2D eigenvalue weighted by atomic mass is 10.1. The van der Waals surface area contributed by atoms with Gasteiger partial charge in [0.05, 0.1) is 17.1 Å². The summed E-state index contributed by atoms with van der Waals surface area (Å²) < 4.78 is 25.7. The lowest BCUT2D eigenvalue weighted by molar-refractivity contribution is -0.117. The van der Waals surface area contributed by atoms with E-state index in [9.17, 15) is 14.4 Å². The number of hydrogen-bond donors (Lipinski definition) is 1. The zero-order chi connectivity index (χ0) is 24.5. The molecule has 0 aliphatic carbocycles. The van der Waals surface area contributed by atoms with Gasteiger partial charge in [0.15, 0.2) is 11.5 Å². The average molecular weight is 523 g/mol. The topological polar surface area (TPSA) is 71.3 Å². The van der Waals surface area contributed by atoms with Crippen LogP contribution in [0.15, 0.2) is 76.8 Å². The third-order valence-corrected chi connectivity index (χ3v) is 5.52. The second-order valence-electron chi connectivity index (χ2n) is 7.46. The minimum Gasteiger partial charge on any atom is -0.490 e. The average Bonchev–Trinajstić information content (AvgIpc) is 2.82. The molecule has 0 aliphatic heterocycles. The summed E-state index contributed by atoms with van der Waals surface area (Å²) in [5.74, 6) is 0.0766. The molecule has 0 spiro atoms. The van der Waals surface area contributed by atoms with E-state index in [1.807, 2.05) is 50.2 Å². The van der Waals surface area contributed by atoms with E-state index in [4.69, 9.17) is 9.47 Å². The predicted molar refractivity (Wildman–Crippen MR) is 133 cm³/mol. The molecule has 34 heavy (non-hydrogen) atoms. The van der Waals surface area contributed by atoms with E-state index in [0.29, 0.717) is 33.7 Å². The fourth-order valence-electron chi connectivity index (χ4n) is 3.27. The summed E-state index contributed by atoms with van der Waals surface area (Å²) in [6.45, 7) is 4.23. The van der Waals surface area contributed by atoms with Gasteiger partial charge in [-0.1, -0.05) is 42.5 Å². The number of nitrogens with one attached hydrogen (secondary N) is 1. The van der Waals surface area contributed by atoms with Crippen molar-refractivity contribution in [3.63, 3.8) is 0 Å². The highest BCUT2D eigenvalue weighted by Gasteiger charge is 2.16. The van der Waals surface area contributed by atoms with E-state index in [1.54, 1.807) is 24.3 Å². The van der Waals surface area contributed by atoms with Crippen molar-refractivity contribution in [3.8, 4) is 17.6 Å². The number of halogens is 2. The molecule has 1 amide bonds. The molecule has 174 valence electrons. The summed E-state index contributed by atoms with van der Waals surface area (Å²) in [6.07, 6.45) is 1.50. The monoisotopic (exact) mass is 522 g/mol. The number of rotatable bonds is 9. The second kappa shape index (κ2) is 12.0. The van der Waals surface area contributed by atoms with Gasteiger partial charge in [-0.2, -0.15) is 5.26 Å². The molecule has 3 rings (SSSR count). The largest absolute Gasteiger partial charge is 0.490 e. The van der Waals surface area contributed by atoms with E-state index >= 15 is 0 Å². The van der Waals surface area contributed by atoms with Crippen LogP contribution in [0.5, 0.6) is 11.5 Å². The van der Waals surface area contributed by atoms with Gasteiger partial charge in [-0.25, -0.2) is 4.39 Å². The Morgan fingerprint density at radius 1 is 1.15 bits per heavy atom. The van der Waals surface area contributed by atoms with Gasteiger partial charge in [-0.3, -0.25) is 4.79 Å². The lowest BCUT2D eigenvalue weighted by Crippen LogP contribution is -2.27. The Hall–Kier alpha value is -3.63. The van der Waals surface area contributed by atoms with Crippen molar-refractivity contribution < 1.29 is 18.7 Å². The number of carbonyl (C=O) groups is 1. The van der Waals surface area contributed by atoms with E-state index in [0.717, 1.165) is 5.56 Å². The molecule has 0 fully saturated rings. The van der Waals surface area contributed by atoms with Gasteiger partial charge in [-0.15, -0.1) is 0 Å². The molecule has 0 heterocycles. The highest BCUT2D eigenvalue weighted by molar-refractivity contribution is 9.10. The lowest BCUT2D eigenvalue weighted by Gasteiger charge is -2.15. The van der Waals surface area contributed by atoms with Crippen molar-refractivity contribution in [2.75, 3.05) is 6.61 Å². The van der Waals surface area contributed by atoms with E-state index in [2.05, 4.69) is 21.2 Å². The minimum atomic E-state index is -0.473. The van der Waals surface area contributed by atoms with Crippen LogP contribution in [0.2, 0.25) is 0 Å². The van der Waals surface area contributed by atoms with Gasteiger partial charge < -0.3 is 14.8 Å². The molecule has 5 nitrogen and oxygen atoms in total. The summed E-state index contributed by atoms with van der Waals surface area (Å²) in [6, 6.07) is 20.8. The molecule has 0 aromatic heterocycles. The highest BCUT2D eigenvalue weighted by Crippen LogP contribution is 2.38. The van der Waals surface area contributed by atoms with Crippen LogP contribution in [0.3, 0.4) is 0 Å². The van der Waals surface area contributed by atoms with E-state index < -0.39 is 5.91 Å². The van der Waals surface area contributed by atoms with Gasteiger partial charge in [0.1, 0.15) is 24.1 Å².